The van der Waals surface area contributed by atoms with Crippen LogP contribution < -0.4 is 0 Å². The summed E-state index contributed by atoms with van der Waals surface area (Å²) in [5.74, 6) is 0.762. The molecule has 0 spiro atoms. The van der Waals surface area contributed by atoms with E-state index in [1.165, 1.54) is 59.6 Å². The third-order valence-electron chi connectivity index (χ3n) is 7.72. The van der Waals surface area contributed by atoms with Crippen molar-refractivity contribution in [3.05, 3.63) is 103 Å². The molecule has 3 aromatic heterocycles. The zero-order chi connectivity index (χ0) is 22.7. The predicted molar refractivity (Wildman–Crippen MR) is 146 cm³/mol. The molecule has 0 saturated heterocycles. The lowest BCUT2D eigenvalue weighted by molar-refractivity contribution is 1.22. The van der Waals surface area contributed by atoms with Crippen molar-refractivity contribution in [1.29, 1.82) is 0 Å². The summed E-state index contributed by atoms with van der Waals surface area (Å²) in [6.45, 7) is 0. The van der Waals surface area contributed by atoms with E-state index in [1.54, 1.807) is 0 Å². The maximum absolute atomic E-state index is 4.97. The molecule has 0 aliphatic heterocycles. The van der Waals surface area contributed by atoms with Crippen molar-refractivity contribution < 1.29 is 0 Å². The Bertz CT molecular complexity index is 2270. The molecular weight excluding hydrogens is 426 g/mol. The van der Waals surface area contributed by atoms with Gasteiger partial charge in [-0.25, -0.2) is 9.97 Å². The summed E-state index contributed by atoms with van der Waals surface area (Å²) < 4.78 is 2.46. The van der Waals surface area contributed by atoms with Gasteiger partial charge in [0.25, 0.3) is 0 Å². The maximum atomic E-state index is 4.97. The third-order valence-corrected chi connectivity index (χ3v) is 7.72. The lowest BCUT2D eigenvalue weighted by Gasteiger charge is -2.09. The maximum Gasteiger partial charge on any atom is 0.161 e. The largest absolute Gasteiger partial charge is 0.307 e. The standard InChI is InChI=1S/C32H17N3/c1-4-13-26-18(7-1)17-33-32(34-26)25-12-5-11-23-24-16-15-22-20-9-3-2-8-19(20)21-10-6-14-27-28(21)29(22)31(24)35(27)30(23)25/h1-17H. The molecule has 0 amide bonds. The lowest BCUT2D eigenvalue weighted by atomic mass is 9.93. The number of para-hydroxylation sites is 2. The molecule has 0 radical (unpaired) electrons. The molecule has 0 fully saturated rings. The second-order valence-corrected chi connectivity index (χ2v) is 9.42. The highest BCUT2D eigenvalue weighted by molar-refractivity contribution is 6.39. The highest BCUT2D eigenvalue weighted by Crippen LogP contribution is 2.48. The van der Waals surface area contributed by atoms with Gasteiger partial charge in [0.15, 0.2) is 5.82 Å². The molecule has 0 unspecified atom stereocenters. The van der Waals surface area contributed by atoms with Gasteiger partial charge >= 0.3 is 0 Å². The fourth-order valence-corrected chi connectivity index (χ4v) is 6.32. The van der Waals surface area contributed by atoms with Gasteiger partial charge in [-0.05, 0) is 39.7 Å². The zero-order valence-corrected chi connectivity index (χ0v) is 18.7. The normalized spacial score (nSPS) is 12.6. The van der Waals surface area contributed by atoms with Crippen LogP contribution >= 0.6 is 0 Å². The summed E-state index contributed by atoms with van der Waals surface area (Å²) in [6.07, 6.45) is 1.93. The third kappa shape index (κ3) is 2.04. The predicted octanol–water partition coefficient (Wildman–Crippen LogP) is 8.19. The molecule has 0 atom stereocenters. The van der Waals surface area contributed by atoms with Gasteiger partial charge in [0, 0.05) is 38.7 Å². The molecule has 0 N–H and O–H groups in total. The molecule has 0 aliphatic carbocycles. The van der Waals surface area contributed by atoms with Crippen LogP contribution in [0.3, 0.4) is 0 Å². The first kappa shape index (κ1) is 17.7. The van der Waals surface area contributed by atoms with Crippen LogP contribution in [0.5, 0.6) is 0 Å². The van der Waals surface area contributed by atoms with Crippen LogP contribution in [0.1, 0.15) is 0 Å². The number of nitrogens with zero attached hydrogens (tertiary/aromatic N) is 3. The van der Waals surface area contributed by atoms with Crippen molar-refractivity contribution in [2.75, 3.05) is 0 Å². The van der Waals surface area contributed by atoms with Gasteiger partial charge in [0.2, 0.25) is 0 Å². The van der Waals surface area contributed by atoms with Gasteiger partial charge in [0.05, 0.1) is 22.1 Å². The number of aromatic nitrogens is 3. The average Bonchev–Trinajstić information content (AvgIpc) is 3.45. The lowest BCUT2D eigenvalue weighted by Crippen LogP contribution is -1.92. The van der Waals surface area contributed by atoms with Gasteiger partial charge in [-0.3, -0.25) is 0 Å². The minimum Gasteiger partial charge on any atom is -0.307 e. The summed E-state index contributed by atoms with van der Waals surface area (Å²) in [5, 5.41) is 11.5. The quantitative estimate of drug-likeness (QED) is 0.239. The molecule has 0 aliphatic rings. The summed E-state index contributed by atoms with van der Waals surface area (Å²) in [5.41, 5.74) is 5.74. The Balaban J connectivity index is 1.55. The summed E-state index contributed by atoms with van der Waals surface area (Å²) in [7, 11) is 0. The smallest absolute Gasteiger partial charge is 0.161 e. The number of benzene rings is 6. The molecular formula is C32H17N3. The van der Waals surface area contributed by atoms with Crippen LogP contribution in [-0.2, 0) is 0 Å². The van der Waals surface area contributed by atoms with Crippen molar-refractivity contribution in [1.82, 2.24) is 14.4 Å². The molecule has 9 aromatic rings. The fraction of sp³-hybridized carbons (Fsp3) is 0. The summed E-state index contributed by atoms with van der Waals surface area (Å²) in [4.78, 5) is 9.77. The first-order chi connectivity index (χ1) is 17.4. The van der Waals surface area contributed by atoms with E-state index in [9.17, 15) is 0 Å². The van der Waals surface area contributed by atoms with Crippen LogP contribution in [0.2, 0.25) is 0 Å². The molecule has 3 nitrogen and oxygen atoms in total. The fourth-order valence-electron chi connectivity index (χ4n) is 6.32. The van der Waals surface area contributed by atoms with Gasteiger partial charge < -0.3 is 4.40 Å². The topological polar surface area (TPSA) is 30.2 Å². The van der Waals surface area contributed by atoms with Crippen LogP contribution in [0, 0.1) is 0 Å². The number of hydrogen-bond donors (Lipinski definition) is 0. The van der Waals surface area contributed by atoms with Crippen molar-refractivity contribution >= 4 is 70.5 Å². The van der Waals surface area contributed by atoms with E-state index in [0.717, 1.165) is 22.3 Å². The van der Waals surface area contributed by atoms with E-state index < -0.39 is 0 Å². The van der Waals surface area contributed by atoms with Crippen LogP contribution in [0.15, 0.2) is 103 Å². The summed E-state index contributed by atoms with van der Waals surface area (Å²) >= 11 is 0. The first-order valence-corrected chi connectivity index (χ1v) is 11.9. The minimum absolute atomic E-state index is 0.762. The van der Waals surface area contributed by atoms with E-state index in [0.29, 0.717) is 0 Å². The highest BCUT2D eigenvalue weighted by Gasteiger charge is 2.24. The van der Waals surface area contributed by atoms with E-state index in [2.05, 4.69) is 89.3 Å². The van der Waals surface area contributed by atoms with E-state index in [4.69, 9.17) is 9.97 Å². The highest BCUT2D eigenvalue weighted by atomic mass is 14.9. The molecule has 9 rings (SSSR count). The Morgan fingerprint density at radius 3 is 2.11 bits per heavy atom. The zero-order valence-electron chi connectivity index (χ0n) is 18.7. The van der Waals surface area contributed by atoms with Crippen LogP contribution in [-0.4, -0.2) is 14.4 Å². The Labute approximate surface area is 199 Å². The molecule has 35 heavy (non-hydrogen) atoms. The first-order valence-electron chi connectivity index (χ1n) is 11.9. The van der Waals surface area contributed by atoms with Crippen molar-refractivity contribution in [2.24, 2.45) is 0 Å². The van der Waals surface area contributed by atoms with E-state index in [-0.39, 0.29) is 0 Å². The molecule has 3 heterocycles. The van der Waals surface area contributed by atoms with Gasteiger partial charge in [-0.15, -0.1) is 0 Å². The van der Waals surface area contributed by atoms with Crippen molar-refractivity contribution in [2.45, 2.75) is 0 Å². The Hall–Kier alpha value is -4.76. The van der Waals surface area contributed by atoms with Gasteiger partial charge in [-0.1, -0.05) is 78.9 Å². The van der Waals surface area contributed by atoms with Gasteiger partial charge in [0.1, 0.15) is 0 Å². The summed E-state index contributed by atoms with van der Waals surface area (Å²) in [6, 6.07) is 34.8. The van der Waals surface area contributed by atoms with Crippen LogP contribution in [0.25, 0.3) is 81.9 Å². The SMILES string of the molecule is c1ccc2nc(-c3cccc4c5ccc6c7ccccc7c7cccc8c7c6c5n8c34)ncc2c1. The molecule has 3 heteroatoms. The molecule has 0 bridgehead atoms. The molecule has 0 saturated carbocycles. The Kier molecular flexibility index (Phi) is 3.04. The van der Waals surface area contributed by atoms with Gasteiger partial charge in [-0.2, -0.15) is 0 Å². The van der Waals surface area contributed by atoms with Crippen molar-refractivity contribution in [3.63, 3.8) is 0 Å². The average molecular weight is 444 g/mol. The van der Waals surface area contributed by atoms with E-state index in [1.807, 2.05) is 18.3 Å². The van der Waals surface area contributed by atoms with Crippen LogP contribution in [0.4, 0.5) is 0 Å². The van der Waals surface area contributed by atoms with E-state index >= 15 is 0 Å². The Morgan fingerprint density at radius 2 is 1.20 bits per heavy atom. The van der Waals surface area contributed by atoms with Crippen molar-refractivity contribution in [3.8, 4) is 11.4 Å². The molecule has 6 aromatic carbocycles. The monoisotopic (exact) mass is 443 g/mol. The minimum atomic E-state index is 0.762. The number of rotatable bonds is 1. The second kappa shape index (κ2) is 6.02. The second-order valence-electron chi connectivity index (χ2n) is 9.42. The Morgan fingerprint density at radius 1 is 0.514 bits per heavy atom. The number of hydrogen-bond acceptors (Lipinski definition) is 2. The molecule has 160 valence electrons. The number of fused-ring (bicyclic) bond motifs is 8.